The summed E-state index contributed by atoms with van der Waals surface area (Å²) in [5.74, 6) is 1.93. The highest BCUT2D eigenvalue weighted by Crippen LogP contribution is 2.26. The number of hydrogen-bond acceptors (Lipinski definition) is 0. The Morgan fingerprint density at radius 1 is 1.09 bits per heavy atom. The van der Waals surface area contributed by atoms with Crippen molar-refractivity contribution in [3.8, 4) is 0 Å². The first-order chi connectivity index (χ1) is 5.16. The minimum absolute atomic E-state index is 0.833. The Balaban J connectivity index is 0.000000218. The molecule has 0 aromatic carbocycles. The highest BCUT2D eigenvalue weighted by Gasteiger charge is 2.11. The van der Waals surface area contributed by atoms with Crippen LogP contribution in [0, 0.1) is 11.8 Å². The summed E-state index contributed by atoms with van der Waals surface area (Å²) < 4.78 is 0. The van der Waals surface area contributed by atoms with E-state index >= 15 is 0 Å². The van der Waals surface area contributed by atoms with Crippen LogP contribution in [-0.2, 0) is 0 Å². The number of rotatable bonds is 1. The highest BCUT2D eigenvalue weighted by molar-refractivity contribution is 4.64. The van der Waals surface area contributed by atoms with Gasteiger partial charge in [0.15, 0.2) is 0 Å². The summed E-state index contributed by atoms with van der Waals surface area (Å²) in [6.07, 6.45) is 7.43. The molecule has 0 bridgehead atoms. The second kappa shape index (κ2) is 6.69. The lowest BCUT2D eigenvalue weighted by Crippen LogP contribution is -1.86. The molecule has 0 aliphatic heterocycles. The highest BCUT2D eigenvalue weighted by atomic mass is 14.2. The molecule has 0 spiro atoms. The van der Waals surface area contributed by atoms with E-state index in [0.29, 0.717) is 0 Å². The molecular weight excluding hydrogens is 132 g/mol. The van der Waals surface area contributed by atoms with Crippen LogP contribution in [0.2, 0.25) is 0 Å². The van der Waals surface area contributed by atoms with Gasteiger partial charge in [-0.1, -0.05) is 59.8 Å². The van der Waals surface area contributed by atoms with E-state index in [1.165, 1.54) is 32.1 Å². The summed E-state index contributed by atoms with van der Waals surface area (Å²) in [5, 5.41) is 0. The molecule has 1 fully saturated rings. The molecule has 0 heterocycles. The minimum atomic E-state index is 0.833. The summed E-state index contributed by atoms with van der Waals surface area (Å²) in [6.45, 7) is 8.80. The van der Waals surface area contributed by atoms with Crippen LogP contribution in [0.1, 0.15) is 59.8 Å². The van der Waals surface area contributed by atoms with E-state index in [0.717, 1.165) is 11.8 Å². The molecule has 1 aliphatic rings. The van der Waals surface area contributed by atoms with Crippen LogP contribution in [0.4, 0.5) is 0 Å². The van der Waals surface area contributed by atoms with Gasteiger partial charge in [-0.25, -0.2) is 0 Å². The van der Waals surface area contributed by atoms with Crippen LogP contribution in [-0.4, -0.2) is 0 Å². The van der Waals surface area contributed by atoms with Crippen molar-refractivity contribution in [3.63, 3.8) is 0 Å². The zero-order valence-electron chi connectivity index (χ0n) is 8.69. The van der Waals surface area contributed by atoms with Crippen molar-refractivity contribution in [2.45, 2.75) is 59.8 Å². The van der Waals surface area contributed by atoms with Crippen LogP contribution in [0.15, 0.2) is 0 Å². The molecule has 0 nitrogen and oxygen atoms in total. The molecule has 1 rings (SSSR count). The first kappa shape index (κ1) is 11.0. The Morgan fingerprint density at radius 2 is 1.45 bits per heavy atom. The maximum absolute atomic E-state index is 2.30. The van der Waals surface area contributed by atoms with E-state index in [4.69, 9.17) is 0 Å². The monoisotopic (exact) mass is 156 g/mol. The zero-order chi connectivity index (χ0) is 8.69. The van der Waals surface area contributed by atoms with E-state index < -0.39 is 0 Å². The van der Waals surface area contributed by atoms with Crippen LogP contribution in [0.25, 0.3) is 0 Å². The normalized spacial score (nSPS) is 18.3. The van der Waals surface area contributed by atoms with Crippen molar-refractivity contribution < 1.29 is 0 Å². The SMILES string of the molecule is CC(C)C.CCC1CCCC1. The Kier molecular flexibility index (Phi) is 6.69. The molecular formula is C11H24. The second-order valence-corrected chi connectivity index (χ2v) is 4.29. The summed E-state index contributed by atoms with van der Waals surface area (Å²) in [4.78, 5) is 0. The molecule has 0 radical (unpaired) electrons. The molecule has 0 amide bonds. The third-order valence-electron chi connectivity index (χ3n) is 2.05. The fourth-order valence-electron chi connectivity index (χ4n) is 1.42. The van der Waals surface area contributed by atoms with Crippen molar-refractivity contribution in [2.24, 2.45) is 11.8 Å². The van der Waals surface area contributed by atoms with Crippen molar-refractivity contribution in [2.75, 3.05) is 0 Å². The van der Waals surface area contributed by atoms with E-state index in [-0.39, 0.29) is 0 Å². The fourth-order valence-corrected chi connectivity index (χ4v) is 1.42. The lowest BCUT2D eigenvalue weighted by atomic mass is 10.1. The van der Waals surface area contributed by atoms with E-state index in [2.05, 4.69) is 27.7 Å². The minimum Gasteiger partial charge on any atom is -0.0651 e. The molecule has 0 aromatic rings. The van der Waals surface area contributed by atoms with Crippen LogP contribution in [0.3, 0.4) is 0 Å². The van der Waals surface area contributed by atoms with Crippen molar-refractivity contribution >= 4 is 0 Å². The van der Waals surface area contributed by atoms with Gasteiger partial charge in [-0.05, 0) is 11.8 Å². The fraction of sp³-hybridized carbons (Fsp3) is 1.00. The maximum Gasteiger partial charge on any atom is -0.0417 e. The summed E-state index contributed by atoms with van der Waals surface area (Å²) in [5.41, 5.74) is 0. The van der Waals surface area contributed by atoms with Gasteiger partial charge in [-0.2, -0.15) is 0 Å². The smallest absolute Gasteiger partial charge is 0.0417 e. The lowest BCUT2D eigenvalue weighted by Gasteiger charge is -1.99. The van der Waals surface area contributed by atoms with Crippen LogP contribution >= 0.6 is 0 Å². The Morgan fingerprint density at radius 3 is 1.64 bits per heavy atom. The van der Waals surface area contributed by atoms with Gasteiger partial charge in [0.2, 0.25) is 0 Å². The molecule has 1 saturated carbocycles. The maximum atomic E-state index is 2.30. The first-order valence-corrected chi connectivity index (χ1v) is 5.16. The molecule has 11 heavy (non-hydrogen) atoms. The zero-order valence-corrected chi connectivity index (χ0v) is 8.69. The van der Waals surface area contributed by atoms with E-state index in [9.17, 15) is 0 Å². The molecule has 0 unspecified atom stereocenters. The average Bonchev–Trinajstić information content (AvgIpc) is 2.36. The molecule has 0 aromatic heterocycles. The molecule has 1 aliphatic carbocycles. The standard InChI is InChI=1S/C7H14.C4H10/c1-2-7-5-3-4-6-7;1-4(2)3/h7H,2-6H2,1H3;4H,1-3H3. The predicted molar refractivity (Wildman–Crippen MR) is 52.8 cm³/mol. The summed E-state index contributed by atoms with van der Waals surface area (Å²) >= 11 is 0. The molecule has 0 atom stereocenters. The largest absolute Gasteiger partial charge is 0.0651 e. The molecule has 0 heteroatoms. The molecule has 0 N–H and O–H groups in total. The van der Waals surface area contributed by atoms with Gasteiger partial charge in [0, 0.05) is 0 Å². The lowest BCUT2D eigenvalue weighted by molar-refractivity contribution is 0.531. The molecule has 0 saturated heterocycles. The van der Waals surface area contributed by atoms with Gasteiger partial charge < -0.3 is 0 Å². The van der Waals surface area contributed by atoms with Crippen molar-refractivity contribution in [1.29, 1.82) is 0 Å². The third-order valence-corrected chi connectivity index (χ3v) is 2.05. The first-order valence-electron chi connectivity index (χ1n) is 5.16. The quantitative estimate of drug-likeness (QED) is 0.532. The van der Waals surface area contributed by atoms with Gasteiger partial charge in [0.25, 0.3) is 0 Å². The van der Waals surface area contributed by atoms with Crippen LogP contribution < -0.4 is 0 Å². The number of hydrogen-bond donors (Lipinski definition) is 0. The van der Waals surface area contributed by atoms with Crippen molar-refractivity contribution in [1.82, 2.24) is 0 Å². The van der Waals surface area contributed by atoms with E-state index in [1.54, 1.807) is 0 Å². The Hall–Kier alpha value is 0. The Labute approximate surface area is 72.4 Å². The van der Waals surface area contributed by atoms with Gasteiger partial charge in [-0.3, -0.25) is 0 Å². The van der Waals surface area contributed by atoms with E-state index in [1.807, 2.05) is 0 Å². The summed E-state index contributed by atoms with van der Waals surface area (Å²) in [6, 6.07) is 0. The van der Waals surface area contributed by atoms with Crippen molar-refractivity contribution in [3.05, 3.63) is 0 Å². The third kappa shape index (κ3) is 7.90. The van der Waals surface area contributed by atoms with Gasteiger partial charge in [-0.15, -0.1) is 0 Å². The van der Waals surface area contributed by atoms with Gasteiger partial charge >= 0.3 is 0 Å². The Bertz CT molecular complexity index is 65.4. The molecule has 68 valence electrons. The predicted octanol–water partition coefficient (Wildman–Crippen LogP) is 4.25. The topological polar surface area (TPSA) is 0 Å². The van der Waals surface area contributed by atoms with Gasteiger partial charge in [0.1, 0.15) is 0 Å². The average molecular weight is 156 g/mol. The summed E-state index contributed by atoms with van der Waals surface area (Å²) in [7, 11) is 0. The van der Waals surface area contributed by atoms with Gasteiger partial charge in [0.05, 0.1) is 0 Å². The second-order valence-electron chi connectivity index (χ2n) is 4.29. The van der Waals surface area contributed by atoms with Crippen LogP contribution in [0.5, 0.6) is 0 Å².